The van der Waals surface area contributed by atoms with Gasteiger partial charge in [0.2, 0.25) is 11.8 Å². The number of hydrogen-bond acceptors (Lipinski definition) is 8. The predicted octanol–water partition coefficient (Wildman–Crippen LogP) is 6.03. The highest BCUT2D eigenvalue weighted by molar-refractivity contribution is 7.99. The molecule has 1 N–H and O–H groups in total. The van der Waals surface area contributed by atoms with Crippen molar-refractivity contribution in [1.82, 2.24) is 19.9 Å². The second-order valence-electron chi connectivity index (χ2n) is 8.77. The van der Waals surface area contributed by atoms with Crippen molar-refractivity contribution in [3.63, 3.8) is 0 Å². The number of amides is 2. The van der Waals surface area contributed by atoms with Gasteiger partial charge in [-0.05, 0) is 63.2 Å². The van der Waals surface area contributed by atoms with E-state index < -0.39 is 6.04 Å². The summed E-state index contributed by atoms with van der Waals surface area (Å²) in [5.41, 5.74) is 3.98. The number of aromatic nitrogens is 3. The van der Waals surface area contributed by atoms with E-state index in [1.165, 1.54) is 23.1 Å². The van der Waals surface area contributed by atoms with E-state index in [2.05, 4.69) is 15.3 Å². The highest BCUT2D eigenvalue weighted by atomic mass is 35.5. The number of methoxy groups -OCH3 is 1. The summed E-state index contributed by atoms with van der Waals surface area (Å²) in [6, 6.07) is 15.6. The number of thiazole rings is 1. The molecule has 0 saturated heterocycles. The number of rotatable bonds is 10. The Morgan fingerprint density at radius 2 is 1.72 bits per heavy atom. The van der Waals surface area contributed by atoms with Crippen molar-refractivity contribution >= 4 is 52.2 Å². The molecule has 2 aromatic heterocycles. The highest BCUT2D eigenvalue weighted by Gasteiger charge is 2.27. The summed E-state index contributed by atoms with van der Waals surface area (Å²) in [7, 11) is 1.58. The third kappa shape index (κ3) is 7.78. The number of hydrogen-bond donors (Lipinski definition) is 1. The quantitative estimate of drug-likeness (QED) is 0.180. The van der Waals surface area contributed by atoms with Crippen LogP contribution in [0.4, 0.5) is 5.69 Å². The van der Waals surface area contributed by atoms with Gasteiger partial charge >= 0.3 is 0 Å². The maximum absolute atomic E-state index is 13.5. The van der Waals surface area contributed by atoms with Crippen LogP contribution in [0.5, 0.6) is 5.75 Å². The molecule has 0 aliphatic carbocycles. The van der Waals surface area contributed by atoms with Crippen LogP contribution in [0.3, 0.4) is 0 Å². The molecule has 4 aromatic rings. The first-order valence-corrected chi connectivity index (χ1v) is 14.4. The van der Waals surface area contributed by atoms with Gasteiger partial charge in [-0.3, -0.25) is 9.59 Å². The summed E-state index contributed by atoms with van der Waals surface area (Å²) in [5.74, 6) is 0.237. The topological polar surface area (TPSA) is 97.3 Å². The molecule has 39 heavy (non-hydrogen) atoms. The molecule has 0 spiro atoms. The second-order valence-corrected chi connectivity index (χ2v) is 11.1. The first-order valence-electron chi connectivity index (χ1n) is 12.1. The third-order valence-electron chi connectivity index (χ3n) is 5.81. The highest BCUT2D eigenvalue weighted by Crippen LogP contribution is 2.26. The number of halogens is 1. The molecule has 2 heterocycles. The number of carbonyl (C=O) groups excluding carboxylic acids is 2. The van der Waals surface area contributed by atoms with Crippen LogP contribution in [-0.4, -0.2) is 50.6 Å². The zero-order valence-electron chi connectivity index (χ0n) is 22.0. The van der Waals surface area contributed by atoms with Crippen LogP contribution in [-0.2, 0) is 16.1 Å². The average molecular weight is 582 g/mol. The fourth-order valence-electron chi connectivity index (χ4n) is 3.75. The van der Waals surface area contributed by atoms with E-state index in [9.17, 15) is 9.59 Å². The number of aryl methyl sites for hydroxylation is 2. The smallest absolute Gasteiger partial charge is 0.246 e. The Morgan fingerprint density at radius 3 is 2.36 bits per heavy atom. The van der Waals surface area contributed by atoms with Crippen LogP contribution in [0.25, 0.3) is 11.3 Å². The second kappa shape index (κ2) is 13.1. The number of ether oxygens (including phenoxy) is 1. The fourth-order valence-corrected chi connectivity index (χ4v) is 5.52. The lowest BCUT2D eigenvalue weighted by Gasteiger charge is -2.27. The van der Waals surface area contributed by atoms with Gasteiger partial charge in [0.05, 0.1) is 25.1 Å². The van der Waals surface area contributed by atoms with Crippen LogP contribution in [0, 0.1) is 13.8 Å². The molecule has 0 radical (unpaired) electrons. The van der Waals surface area contributed by atoms with Crippen molar-refractivity contribution < 1.29 is 14.3 Å². The van der Waals surface area contributed by atoms with Crippen LogP contribution in [0.1, 0.15) is 23.3 Å². The Labute approximate surface area is 240 Å². The average Bonchev–Trinajstić information content (AvgIpc) is 3.39. The number of thioether (sulfide) groups is 1. The van der Waals surface area contributed by atoms with E-state index in [-0.39, 0.29) is 24.1 Å². The Balaban J connectivity index is 1.52. The summed E-state index contributed by atoms with van der Waals surface area (Å²) in [6.07, 6.45) is 0. The van der Waals surface area contributed by atoms with Crippen molar-refractivity contribution in [3.8, 4) is 17.0 Å². The lowest BCUT2D eigenvalue weighted by molar-refractivity contribution is -0.136. The van der Waals surface area contributed by atoms with Crippen LogP contribution < -0.4 is 10.1 Å². The van der Waals surface area contributed by atoms with Gasteiger partial charge in [-0.15, -0.1) is 11.3 Å². The first-order chi connectivity index (χ1) is 18.7. The zero-order valence-corrected chi connectivity index (χ0v) is 24.4. The summed E-state index contributed by atoms with van der Waals surface area (Å²) < 4.78 is 5.19. The molecule has 2 amide bonds. The molecule has 0 fully saturated rings. The minimum atomic E-state index is -0.761. The molecule has 0 aliphatic heterocycles. The lowest BCUT2D eigenvalue weighted by Crippen LogP contribution is -2.46. The normalized spacial score (nSPS) is 11.6. The molecule has 0 saturated carbocycles. The maximum Gasteiger partial charge on any atom is 0.246 e. The molecule has 1 atom stereocenters. The molecule has 2 aromatic carbocycles. The van der Waals surface area contributed by atoms with E-state index in [0.717, 1.165) is 22.6 Å². The van der Waals surface area contributed by atoms with E-state index >= 15 is 0 Å². The van der Waals surface area contributed by atoms with Gasteiger partial charge in [0.25, 0.3) is 0 Å². The molecule has 202 valence electrons. The van der Waals surface area contributed by atoms with E-state index in [1.807, 2.05) is 49.6 Å². The SMILES string of the molecule is COc1ccc(NC(=O)C(C)N(Cc2nc(-c3ccc(Cl)cc3)cs2)C(=O)CSc2nc(C)cc(C)n2)cc1. The summed E-state index contributed by atoms with van der Waals surface area (Å²) >= 11 is 8.70. The van der Waals surface area contributed by atoms with Gasteiger partial charge in [0.1, 0.15) is 16.8 Å². The number of carbonyl (C=O) groups is 2. The summed E-state index contributed by atoms with van der Waals surface area (Å²) in [5, 5.41) is 6.70. The van der Waals surface area contributed by atoms with Crippen molar-refractivity contribution in [1.29, 1.82) is 0 Å². The molecular weight excluding hydrogens is 554 g/mol. The van der Waals surface area contributed by atoms with Gasteiger partial charge in [-0.2, -0.15) is 0 Å². The minimum Gasteiger partial charge on any atom is -0.497 e. The molecule has 11 heteroatoms. The maximum atomic E-state index is 13.5. The number of anilines is 1. The van der Waals surface area contributed by atoms with Crippen molar-refractivity contribution in [2.45, 2.75) is 38.5 Å². The first kappa shape index (κ1) is 28.5. The monoisotopic (exact) mass is 581 g/mol. The Bertz CT molecular complexity index is 1420. The number of nitrogens with zero attached hydrogens (tertiary/aromatic N) is 4. The number of benzene rings is 2. The molecule has 4 rings (SSSR count). The Hall–Kier alpha value is -3.47. The van der Waals surface area contributed by atoms with E-state index in [0.29, 0.717) is 26.6 Å². The number of nitrogens with one attached hydrogen (secondary N) is 1. The van der Waals surface area contributed by atoms with Crippen molar-refractivity contribution in [3.05, 3.63) is 81.4 Å². The van der Waals surface area contributed by atoms with Gasteiger partial charge in [-0.25, -0.2) is 15.0 Å². The van der Waals surface area contributed by atoms with Gasteiger partial charge < -0.3 is 15.0 Å². The van der Waals surface area contributed by atoms with E-state index in [1.54, 1.807) is 43.2 Å². The van der Waals surface area contributed by atoms with Crippen LogP contribution >= 0.6 is 34.7 Å². The van der Waals surface area contributed by atoms with Gasteiger partial charge in [-0.1, -0.05) is 35.5 Å². The zero-order chi connectivity index (χ0) is 27.9. The molecule has 1 unspecified atom stereocenters. The molecular formula is C28H28ClN5O3S2. The van der Waals surface area contributed by atoms with Crippen LogP contribution in [0.15, 0.2) is 65.1 Å². The van der Waals surface area contributed by atoms with Crippen molar-refractivity contribution in [2.75, 3.05) is 18.2 Å². The van der Waals surface area contributed by atoms with Gasteiger partial charge in [0.15, 0.2) is 5.16 Å². The van der Waals surface area contributed by atoms with Crippen molar-refractivity contribution in [2.24, 2.45) is 0 Å². The molecule has 8 nitrogen and oxygen atoms in total. The van der Waals surface area contributed by atoms with Gasteiger partial charge in [0, 0.05) is 33.0 Å². The summed E-state index contributed by atoms with van der Waals surface area (Å²) in [4.78, 5) is 41.8. The molecule has 0 bridgehead atoms. The predicted molar refractivity (Wildman–Crippen MR) is 156 cm³/mol. The third-order valence-corrected chi connectivity index (χ3v) is 7.73. The fraction of sp³-hybridized carbons (Fsp3) is 0.250. The molecule has 0 aliphatic rings. The van der Waals surface area contributed by atoms with E-state index in [4.69, 9.17) is 21.3 Å². The lowest BCUT2D eigenvalue weighted by atomic mass is 10.2. The standard InChI is InChI=1S/C28H28ClN5O3S2/c1-17-13-18(2)31-28(30-17)39-16-26(35)34(19(3)27(36)32-22-9-11-23(37-4)12-10-22)14-25-33-24(15-38-25)20-5-7-21(29)8-6-20/h5-13,15,19H,14,16H2,1-4H3,(H,32,36). The summed E-state index contributed by atoms with van der Waals surface area (Å²) in [6.45, 7) is 5.67. The van der Waals surface area contributed by atoms with Crippen LogP contribution in [0.2, 0.25) is 5.02 Å². The Kier molecular flexibility index (Phi) is 9.55. The largest absolute Gasteiger partial charge is 0.497 e. The minimum absolute atomic E-state index is 0.0818. The Morgan fingerprint density at radius 1 is 1.05 bits per heavy atom.